The summed E-state index contributed by atoms with van der Waals surface area (Å²) in [6.45, 7) is 2.01. The fourth-order valence-corrected chi connectivity index (χ4v) is 2.37. The third-order valence-electron chi connectivity index (χ3n) is 3.80. The summed E-state index contributed by atoms with van der Waals surface area (Å²) >= 11 is 0. The molecule has 0 unspecified atom stereocenters. The second-order valence-electron chi connectivity index (χ2n) is 5.66. The Labute approximate surface area is 144 Å². The van der Waals surface area contributed by atoms with E-state index >= 15 is 0 Å². The molecule has 0 saturated carbocycles. The van der Waals surface area contributed by atoms with E-state index in [0.717, 1.165) is 10.9 Å². The Morgan fingerprint density at radius 2 is 2.12 bits per heavy atom. The van der Waals surface area contributed by atoms with Crippen LogP contribution in [-0.2, 0) is 17.8 Å². The smallest absolute Gasteiger partial charge is 0.268 e. The van der Waals surface area contributed by atoms with E-state index in [1.165, 1.54) is 4.90 Å². The summed E-state index contributed by atoms with van der Waals surface area (Å²) in [5.41, 5.74) is 1.29. The SMILES string of the molecule is CCc1noc(CN(C)C(=O)CNC(=O)c2cc3ccccc3[nH]2)n1. The van der Waals surface area contributed by atoms with Gasteiger partial charge in [0.1, 0.15) is 5.69 Å². The number of hydrogen-bond acceptors (Lipinski definition) is 5. The zero-order valence-electron chi connectivity index (χ0n) is 14.1. The van der Waals surface area contributed by atoms with Crippen LogP contribution in [0.3, 0.4) is 0 Å². The number of H-pyrrole nitrogens is 1. The van der Waals surface area contributed by atoms with E-state index < -0.39 is 0 Å². The van der Waals surface area contributed by atoms with E-state index in [4.69, 9.17) is 4.52 Å². The number of hydrogen-bond donors (Lipinski definition) is 2. The lowest BCUT2D eigenvalue weighted by atomic mass is 10.2. The van der Waals surface area contributed by atoms with Crippen molar-refractivity contribution in [2.45, 2.75) is 19.9 Å². The van der Waals surface area contributed by atoms with Crippen LogP contribution in [0, 0.1) is 0 Å². The molecule has 1 aromatic carbocycles. The zero-order valence-corrected chi connectivity index (χ0v) is 14.1. The van der Waals surface area contributed by atoms with Gasteiger partial charge < -0.3 is 19.7 Å². The molecule has 0 aliphatic carbocycles. The topological polar surface area (TPSA) is 104 Å². The van der Waals surface area contributed by atoms with Crippen LogP contribution in [0.15, 0.2) is 34.9 Å². The van der Waals surface area contributed by atoms with E-state index in [2.05, 4.69) is 20.4 Å². The van der Waals surface area contributed by atoms with Gasteiger partial charge in [-0.1, -0.05) is 30.3 Å². The monoisotopic (exact) mass is 341 g/mol. The summed E-state index contributed by atoms with van der Waals surface area (Å²) < 4.78 is 5.06. The molecular weight excluding hydrogens is 322 g/mol. The van der Waals surface area contributed by atoms with Crippen LogP contribution >= 0.6 is 0 Å². The summed E-state index contributed by atoms with van der Waals surface area (Å²) in [6.07, 6.45) is 0.668. The summed E-state index contributed by atoms with van der Waals surface area (Å²) in [6, 6.07) is 9.35. The molecule has 0 saturated heterocycles. The number of nitrogens with zero attached hydrogens (tertiary/aromatic N) is 3. The highest BCUT2D eigenvalue weighted by molar-refractivity contribution is 5.99. The van der Waals surface area contributed by atoms with E-state index in [-0.39, 0.29) is 24.9 Å². The minimum Gasteiger partial charge on any atom is -0.351 e. The van der Waals surface area contributed by atoms with Gasteiger partial charge in [-0.15, -0.1) is 0 Å². The number of fused-ring (bicyclic) bond motifs is 1. The van der Waals surface area contributed by atoms with Gasteiger partial charge in [0.15, 0.2) is 5.82 Å². The normalized spacial score (nSPS) is 10.8. The summed E-state index contributed by atoms with van der Waals surface area (Å²) in [5.74, 6) is 0.391. The molecular formula is C17H19N5O3. The van der Waals surface area contributed by atoms with Gasteiger partial charge in [-0.05, 0) is 12.1 Å². The Morgan fingerprint density at radius 3 is 2.84 bits per heavy atom. The first-order chi connectivity index (χ1) is 12.1. The van der Waals surface area contributed by atoms with Gasteiger partial charge in [0.05, 0.1) is 13.1 Å². The Bertz CT molecular complexity index is 865. The highest BCUT2D eigenvalue weighted by Gasteiger charge is 2.16. The lowest BCUT2D eigenvalue weighted by Gasteiger charge is -2.14. The molecule has 0 aliphatic heterocycles. The molecule has 0 spiro atoms. The van der Waals surface area contributed by atoms with Crippen LogP contribution in [0.1, 0.15) is 29.1 Å². The second kappa shape index (κ2) is 7.16. The van der Waals surface area contributed by atoms with Gasteiger partial charge in [-0.2, -0.15) is 4.98 Å². The quantitative estimate of drug-likeness (QED) is 0.707. The fraction of sp³-hybridized carbons (Fsp3) is 0.294. The third-order valence-corrected chi connectivity index (χ3v) is 3.80. The Morgan fingerprint density at radius 1 is 1.32 bits per heavy atom. The minimum atomic E-state index is -0.330. The highest BCUT2D eigenvalue weighted by atomic mass is 16.5. The maximum atomic E-state index is 12.2. The van der Waals surface area contributed by atoms with Crippen LogP contribution in [0.25, 0.3) is 10.9 Å². The number of para-hydroxylation sites is 1. The average molecular weight is 341 g/mol. The number of benzene rings is 1. The molecule has 0 aliphatic rings. The summed E-state index contributed by atoms with van der Waals surface area (Å²) in [5, 5.41) is 7.34. The van der Waals surface area contributed by atoms with Crippen molar-refractivity contribution in [3.63, 3.8) is 0 Å². The molecule has 2 heterocycles. The number of aryl methyl sites for hydroxylation is 1. The Kier molecular flexibility index (Phi) is 4.78. The first-order valence-corrected chi connectivity index (χ1v) is 7.98. The van der Waals surface area contributed by atoms with Gasteiger partial charge in [0.2, 0.25) is 11.8 Å². The van der Waals surface area contributed by atoms with E-state index in [1.807, 2.05) is 31.2 Å². The van der Waals surface area contributed by atoms with E-state index in [0.29, 0.717) is 23.8 Å². The van der Waals surface area contributed by atoms with Crippen molar-refractivity contribution in [2.24, 2.45) is 0 Å². The lowest BCUT2D eigenvalue weighted by molar-refractivity contribution is -0.129. The maximum absolute atomic E-state index is 12.2. The Balaban J connectivity index is 1.54. The van der Waals surface area contributed by atoms with Crippen molar-refractivity contribution in [3.8, 4) is 0 Å². The predicted molar refractivity (Wildman–Crippen MR) is 90.8 cm³/mol. The third kappa shape index (κ3) is 3.85. The van der Waals surface area contributed by atoms with Crippen molar-refractivity contribution in [1.82, 2.24) is 25.3 Å². The number of aromatic amines is 1. The van der Waals surface area contributed by atoms with Gasteiger partial charge >= 0.3 is 0 Å². The van der Waals surface area contributed by atoms with Crippen LogP contribution < -0.4 is 5.32 Å². The minimum absolute atomic E-state index is 0.112. The van der Waals surface area contributed by atoms with Crippen LogP contribution in [0.2, 0.25) is 0 Å². The van der Waals surface area contributed by atoms with Crippen molar-refractivity contribution >= 4 is 22.7 Å². The molecule has 0 radical (unpaired) electrons. The maximum Gasteiger partial charge on any atom is 0.268 e. The molecule has 8 heteroatoms. The number of rotatable bonds is 6. The molecule has 0 fully saturated rings. The molecule has 3 aromatic rings. The Hall–Kier alpha value is -3.16. The average Bonchev–Trinajstić information content (AvgIpc) is 3.25. The molecule has 130 valence electrons. The van der Waals surface area contributed by atoms with Crippen molar-refractivity contribution in [2.75, 3.05) is 13.6 Å². The van der Waals surface area contributed by atoms with Gasteiger partial charge in [-0.3, -0.25) is 9.59 Å². The molecule has 2 amide bonds. The first-order valence-electron chi connectivity index (χ1n) is 7.98. The highest BCUT2D eigenvalue weighted by Crippen LogP contribution is 2.14. The van der Waals surface area contributed by atoms with E-state index in [1.54, 1.807) is 13.1 Å². The number of carbonyl (C=O) groups excluding carboxylic acids is 2. The van der Waals surface area contributed by atoms with Crippen LogP contribution in [0.5, 0.6) is 0 Å². The molecule has 0 atom stereocenters. The standard InChI is InChI=1S/C17H19N5O3/c1-3-14-20-15(25-21-14)10-22(2)16(23)9-18-17(24)13-8-11-6-4-5-7-12(11)19-13/h4-8,19H,3,9-10H2,1-2H3,(H,18,24). The number of nitrogens with one attached hydrogen (secondary N) is 2. The molecule has 2 aromatic heterocycles. The number of likely N-dealkylation sites (N-methyl/N-ethyl adjacent to an activating group) is 1. The number of amides is 2. The molecule has 8 nitrogen and oxygen atoms in total. The second-order valence-corrected chi connectivity index (χ2v) is 5.66. The lowest BCUT2D eigenvalue weighted by Crippen LogP contribution is -2.38. The summed E-state index contributed by atoms with van der Waals surface area (Å²) in [7, 11) is 1.62. The largest absolute Gasteiger partial charge is 0.351 e. The predicted octanol–water partition coefficient (Wildman–Crippen LogP) is 1.50. The molecule has 0 bridgehead atoms. The van der Waals surface area contributed by atoms with Crippen molar-refractivity contribution in [3.05, 3.63) is 47.7 Å². The van der Waals surface area contributed by atoms with Crippen LogP contribution in [0.4, 0.5) is 0 Å². The number of aromatic nitrogens is 3. The van der Waals surface area contributed by atoms with Gasteiger partial charge in [0.25, 0.3) is 5.91 Å². The summed E-state index contributed by atoms with van der Waals surface area (Å²) in [4.78, 5) is 32.9. The number of carbonyl (C=O) groups is 2. The molecule has 3 rings (SSSR count). The van der Waals surface area contributed by atoms with Crippen molar-refractivity contribution in [1.29, 1.82) is 0 Å². The van der Waals surface area contributed by atoms with Crippen molar-refractivity contribution < 1.29 is 14.1 Å². The van der Waals surface area contributed by atoms with Crippen LogP contribution in [-0.4, -0.2) is 45.4 Å². The molecule has 2 N–H and O–H groups in total. The molecule has 25 heavy (non-hydrogen) atoms. The first kappa shape index (κ1) is 16.7. The van der Waals surface area contributed by atoms with E-state index in [9.17, 15) is 9.59 Å². The fourth-order valence-electron chi connectivity index (χ4n) is 2.37. The van der Waals surface area contributed by atoms with Gasteiger partial charge in [-0.25, -0.2) is 0 Å². The zero-order chi connectivity index (χ0) is 17.8. The van der Waals surface area contributed by atoms with Gasteiger partial charge in [0, 0.05) is 24.4 Å².